The largest absolute Gasteiger partial charge is 0.493 e. The van der Waals surface area contributed by atoms with E-state index in [1.165, 1.54) is 5.56 Å². The minimum absolute atomic E-state index is 0.659. The molecule has 5 nitrogen and oxygen atoms in total. The van der Waals surface area contributed by atoms with E-state index in [4.69, 9.17) is 14.2 Å². The second kappa shape index (κ2) is 10.2. The Hall–Kier alpha value is -2.50. The molecule has 0 saturated carbocycles. The van der Waals surface area contributed by atoms with Gasteiger partial charge in [0.05, 0.1) is 21.3 Å². The summed E-state index contributed by atoms with van der Waals surface area (Å²) >= 11 is 0. The van der Waals surface area contributed by atoms with Gasteiger partial charge < -0.3 is 14.2 Å². The van der Waals surface area contributed by atoms with Crippen molar-refractivity contribution in [3.05, 3.63) is 59.7 Å². The highest BCUT2D eigenvalue weighted by Gasteiger charge is 2.20. The van der Waals surface area contributed by atoms with Gasteiger partial charge in [0.2, 0.25) is 5.75 Å². The van der Waals surface area contributed by atoms with E-state index >= 15 is 0 Å². The van der Waals surface area contributed by atoms with E-state index in [0.717, 1.165) is 50.6 Å². The van der Waals surface area contributed by atoms with Crippen LogP contribution in [0.25, 0.3) is 6.08 Å². The number of hydrogen-bond donors (Lipinski definition) is 0. The van der Waals surface area contributed by atoms with Crippen molar-refractivity contribution >= 4 is 6.08 Å². The Morgan fingerprint density at radius 3 is 2.11 bits per heavy atom. The minimum Gasteiger partial charge on any atom is -0.493 e. The number of ether oxygens (including phenoxy) is 3. The maximum absolute atomic E-state index is 5.62. The van der Waals surface area contributed by atoms with Crippen LogP contribution in [0.4, 0.5) is 0 Å². The molecule has 3 rings (SSSR count). The van der Waals surface area contributed by atoms with Gasteiger partial charge in [-0.25, -0.2) is 0 Å². The lowest BCUT2D eigenvalue weighted by Crippen LogP contribution is -2.45. The van der Waals surface area contributed by atoms with Crippen LogP contribution in [0.3, 0.4) is 0 Å². The Kier molecular flexibility index (Phi) is 7.34. The molecule has 0 aromatic heterocycles. The molecule has 2 aromatic rings. The Labute approximate surface area is 168 Å². The highest BCUT2D eigenvalue weighted by molar-refractivity contribution is 5.55. The van der Waals surface area contributed by atoms with Crippen molar-refractivity contribution in [1.82, 2.24) is 9.80 Å². The lowest BCUT2D eigenvalue weighted by atomic mass is 10.1. The van der Waals surface area contributed by atoms with Crippen molar-refractivity contribution in [3.8, 4) is 17.2 Å². The number of benzene rings is 2. The summed E-state index contributed by atoms with van der Waals surface area (Å²) in [6.45, 7) is 6.04. The minimum atomic E-state index is 0.659. The molecule has 0 unspecified atom stereocenters. The molecule has 1 fully saturated rings. The van der Waals surface area contributed by atoms with Gasteiger partial charge in [-0.3, -0.25) is 9.80 Å². The molecule has 0 atom stereocenters. The number of methoxy groups -OCH3 is 3. The molecule has 2 aromatic carbocycles. The number of rotatable bonds is 8. The van der Waals surface area contributed by atoms with Crippen molar-refractivity contribution in [3.63, 3.8) is 0 Å². The summed E-state index contributed by atoms with van der Waals surface area (Å²) in [7, 11) is 4.96. The van der Waals surface area contributed by atoms with E-state index in [1.54, 1.807) is 21.3 Å². The van der Waals surface area contributed by atoms with E-state index in [-0.39, 0.29) is 0 Å². The molecule has 0 bridgehead atoms. The summed E-state index contributed by atoms with van der Waals surface area (Å²) in [5.41, 5.74) is 2.37. The van der Waals surface area contributed by atoms with Gasteiger partial charge in [-0.2, -0.15) is 0 Å². The summed E-state index contributed by atoms with van der Waals surface area (Å²) in [4.78, 5) is 4.95. The first-order chi connectivity index (χ1) is 13.7. The SMILES string of the molecule is COc1ccc(CN2CCN(C/C=C/c3ccccc3)CC2)c(OC)c1OC. The molecule has 0 spiro atoms. The summed E-state index contributed by atoms with van der Waals surface area (Å²) in [5, 5.41) is 0. The summed E-state index contributed by atoms with van der Waals surface area (Å²) in [6, 6.07) is 14.5. The van der Waals surface area contributed by atoms with Gasteiger partial charge >= 0.3 is 0 Å². The van der Waals surface area contributed by atoms with Crippen LogP contribution < -0.4 is 14.2 Å². The summed E-state index contributed by atoms with van der Waals surface area (Å²) in [6.07, 6.45) is 4.45. The molecular formula is C23H30N2O3. The van der Waals surface area contributed by atoms with Crippen molar-refractivity contribution in [2.75, 3.05) is 54.1 Å². The van der Waals surface area contributed by atoms with Gasteiger partial charge in [-0.05, 0) is 11.6 Å². The van der Waals surface area contributed by atoms with E-state index in [0.29, 0.717) is 11.5 Å². The van der Waals surface area contributed by atoms with Crippen molar-refractivity contribution in [2.24, 2.45) is 0 Å². The van der Waals surface area contributed by atoms with Gasteiger partial charge in [0.15, 0.2) is 11.5 Å². The molecular weight excluding hydrogens is 352 g/mol. The Morgan fingerprint density at radius 1 is 0.786 bits per heavy atom. The first kappa shape index (κ1) is 20.2. The average Bonchev–Trinajstić information content (AvgIpc) is 2.75. The molecule has 1 aliphatic heterocycles. The Morgan fingerprint density at radius 2 is 1.46 bits per heavy atom. The standard InChI is InChI=1S/C23H30N2O3/c1-26-21-12-11-20(22(27-2)23(21)28-3)18-25-16-14-24(15-17-25)13-7-10-19-8-5-4-6-9-19/h4-12H,13-18H2,1-3H3/b10-7+. The molecule has 0 amide bonds. The van der Waals surface area contributed by atoms with Gasteiger partial charge in [0.1, 0.15) is 0 Å². The van der Waals surface area contributed by atoms with Crippen molar-refractivity contribution in [2.45, 2.75) is 6.54 Å². The van der Waals surface area contributed by atoms with Gasteiger partial charge in [-0.1, -0.05) is 48.6 Å². The first-order valence-electron chi connectivity index (χ1n) is 9.69. The molecule has 1 aliphatic rings. The zero-order valence-electron chi connectivity index (χ0n) is 17.1. The number of nitrogens with zero attached hydrogens (tertiary/aromatic N) is 2. The molecule has 0 N–H and O–H groups in total. The first-order valence-corrected chi connectivity index (χ1v) is 9.69. The van der Waals surface area contributed by atoms with Gasteiger partial charge in [-0.15, -0.1) is 0 Å². The van der Waals surface area contributed by atoms with Gasteiger partial charge in [0, 0.05) is 44.8 Å². The van der Waals surface area contributed by atoms with Crippen LogP contribution in [-0.2, 0) is 6.54 Å². The van der Waals surface area contributed by atoms with E-state index < -0.39 is 0 Å². The molecule has 28 heavy (non-hydrogen) atoms. The normalized spacial score (nSPS) is 15.7. The highest BCUT2D eigenvalue weighted by Crippen LogP contribution is 2.40. The van der Waals surface area contributed by atoms with E-state index in [2.05, 4.69) is 52.3 Å². The van der Waals surface area contributed by atoms with Crippen LogP contribution in [0, 0.1) is 0 Å². The van der Waals surface area contributed by atoms with Crippen LogP contribution in [0.2, 0.25) is 0 Å². The lowest BCUT2D eigenvalue weighted by molar-refractivity contribution is 0.136. The zero-order valence-corrected chi connectivity index (χ0v) is 17.1. The van der Waals surface area contributed by atoms with E-state index in [9.17, 15) is 0 Å². The smallest absolute Gasteiger partial charge is 0.203 e. The third-order valence-corrected chi connectivity index (χ3v) is 5.12. The second-order valence-corrected chi connectivity index (χ2v) is 6.88. The molecule has 1 heterocycles. The molecule has 5 heteroatoms. The van der Waals surface area contributed by atoms with Gasteiger partial charge in [0.25, 0.3) is 0 Å². The van der Waals surface area contributed by atoms with Crippen molar-refractivity contribution < 1.29 is 14.2 Å². The van der Waals surface area contributed by atoms with Crippen LogP contribution in [0.15, 0.2) is 48.5 Å². The maximum atomic E-state index is 5.62. The van der Waals surface area contributed by atoms with Crippen LogP contribution in [-0.4, -0.2) is 63.9 Å². The molecule has 0 radical (unpaired) electrons. The fourth-order valence-electron chi connectivity index (χ4n) is 3.56. The third-order valence-electron chi connectivity index (χ3n) is 5.12. The average molecular weight is 383 g/mol. The van der Waals surface area contributed by atoms with Crippen LogP contribution >= 0.6 is 0 Å². The highest BCUT2D eigenvalue weighted by atomic mass is 16.5. The fraction of sp³-hybridized carbons (Fsp3) is 0.391. The molecule has 0 aliphatic carbocycles. The Balaban J connectivity index is 1.54. The maximum Gasteiger partial charge on any atom is 0.203 e. The third kappa shape index (κ3) is 5.06. The Bertz CT molecular complexity index is 769. The quantitative estimate of drug-likeness (QED) is 0.698. The number of piperazine rings is 1. The predicted octanol–water partition coefficient (Wildman–Crippen LogP) is 3.54. The second-order valence-electron chi connectivity index (χ2n) is 6.88. The summed E-state index contributed by atoms with van der Waals surface area (Å²) < 4.78 is 16.5. The van der Waals surface area contributed by atoms with E-state index in [1.807, 2.05) is 12.1 Å². The monoisotopic (exact) mass is 382 g/mol. The number of hydrogen-bond acceptors (Lipinski definition) is 5. The predicted molar refractivity (Wildman–Crippen MR) is 113 cm³/mol. The zero-order chi connectivity index (χ0) is 19.8. The lowest BCUT2D eigenvalue weighted by Gasteiger charge is -2.34. The van der Waals surface area contributed by atoms with Crippen LogP contribution in [0.1, 0.15) is 11.1 Å². The summed E-state index contributed by atoms with van der Waals surface area (Å²) in [5.74, 6) is 2.11. The van der Waals surface area contributed by atoms with Crippen LogP contribution in [0.5, 0.6) is 17.2 Å². The molecule has 1 saturated heterocycles. The fourth-order valence-corrected chi connectivity index (χ4v) is 3.56. The topological polar surface area (TPSA) is 34.2 Å². The molecule has 150 valence electrons. The van der Waals surface area contributed by atoms with Crippen molar-refractivity contribution in [1.29, 1.82) is 0 Å².